The molecule has 2 fully saturated rings. The van der Waals surface area contributed by atoms with Crippen LogP contribution in [0.15, 0.2) is 18.2 Å². The zero-order valence-electron chi connectivity index (χ0n) is 14.2. The molecule has 1 aliphatic heterocycles. The largest absolute Gasteiger partial charge is 0.497 e. The van der Waals surface area contributed by atoms with Crippen molar-refractivity contribution in [3.05, 3.63) is 18.2 Å². The second-order valence-electron chi connectivity index (χ2n) is 6.39. The van der Waals surface area contributed by atoms with E-state index in [9.17, 15) is 9.59 Å². The smallest absolute Gasteiger partial charge is 0.228 e. The molecule has 1 saturated heterocycles. The molecule has 2 aliphatic rings. The summed E-state index contributed by atoms with van der Waals surface area (Å²) in [4.78, 5) is 26.8. The van der Waals surface area contributed by atoms with E-state index in [-0.39, 0.29) is 23.7 Å². The molecule has 1 heterocycles. The van der Waals surface area contributed by atoms with Crippen LogP contribution in [0.1, 0.15) is 25.7 Å². The number of benzene rings is 1. The Morgan fingerprint density at radius 2 is 1.83 bits per heavy atom. The molecule has 0 spiro atoms. The lowest BCUT2D eigenvalue weighted by molar-refractivity contribution is -0.134. The summed E-state index contributed by atoms with van der Waals surface area (Å²) in [7, 11) is 3.12. The van der Waals surface area contributed by atoms with Gasteiger partial charge in [0.2, 0.25) is 11.8 Å². The molecule has 0 aromatic heterocycles. The molecule has 0 bridgehead atoms. The second-order valence-corrected chi connectivity index (χ2v) is 6.39. The van der Waals surface area contributed by atoms with Crippen LogP contribution in [0.4, 0.5) is 5.69 Å². The Hall–Kier alpha value is -2.24. The summed E-state index contributed by atoms with van der Waals surface area (Å²) in [5.41, 5.74) is 0.568. The number of piperidine rings is 1. The van der Waals surface area contributed by atoms with Crippen LogP contribution in [0.5, 0.6) is 11.5 Å². The highest BCUT2D eigenvalue weighted by molar-refractivity contribution is 6.00. The Morgan fingerprint density at radius 3 is 2.50 bits per heavy atom. The molecule has 0 radical (unpaired) electrons. The van der Waals surface area contributed by atoms with Crippen LogP contribution in [-0.4, -0.2) is 44.0 Å². The fourth-order valence-electron chi connectivity index (χ4n) is 3.24. The average Bonchev–Trinajstić information content (AvgIpc) is 3.42. The van der Waals surface area contributed by atoms with E-state index in [0.29, 0.717) is 23.6 Å². The summed E-state index contributed by atoms with van der Waals surface area (Å²) in [6.45, 7) is 1.65. The van der Waals surface area contributed by atoms with Crippen LogP contribution < -0.4 is 14.8 Å². The van der Waals surface area contributed by atoms with Gasteiger partial charge in [0.05, 0.1) is 31.7 Å². The van der Waals surface area contributed by atoms with Gasteiger partial charge < -0.3 is 19.7 Å². The molecule has 2 unspecified atom stereocenters. The van der Waals surface area contributed by atoms with E-state index in [1.54, 1.807) is 32.4 Å². The Balaban J connectivity index is 1.61. The Morgan fingerprint density at radius 1 is 1.08 bits per heavy atom. The number of nitrogens with one attached hydrogen (secondary N) is 1. The highest BCUT2D eigenvalue weighted by Crippen LogP contribution is 2.42. The maximum absolute atomic E-state index is 12.5. The minimum Gasteiger partial charge on any atom is -0.497 e. The minimum atomic E-state index is -0.240. The van der Waals surface area contributed by atoms with Crippen LogP contribution in [0.25, 0.3) is 0 Å². The number of carbonyl (C=O) groups is 2. The van der Waals surface area contributed by atoms with Crippen molar-refractivity contribution in [2.75, 3.05) is 32.6 Å². The number of amides is 2. The summed E-state index contributed by atoms with van der Waals surface area (Å²) < 4.78 is 10.5. The molecule has 24 heavy (non-hydrogen) atoms. The molecular formula is C18H24N2O4. The number of nitrogens with zero attached hydrogens (tertiary/aromatic N) is 1. The number of likely N-dealkylation sites (tertiary alicyclic amines) is 1. The fraction of sp³-hybridized carbons (Fsp3) is 0.556. The lowest BCUT2D eigenvalue weighted by atomic mass is 10.1. The van der Waals surface area contributed by atoms with Crippen LogP contribution >= 0.6 is 0 Å². The molecule has 1 aliphatic carbocycles. The van der Waals surface area contributed by atoms with Gasteiger partial charge >= 0.3 is 0 Å². The molecule has 6 nitrogen and oxygen atoms in total. The van der Waals surface area contributed by atoms with Crippen molar-refractivity contribution in [3.63, 3.8) is 0 Å². The quantitative estimate of drug-likeness (QED) is 0.898. The van der Waals surface area contributed by atoms with E-state index in [1.807, 2.05) is 4.90 Å². The van der Waals surface area contributed by atoms with Gasteiger partial charge in [-0.05, 0) is 37.8 Å². The summed E-state index contributed by atoms with van der Waals surface area (Å²) in [5.74, 6) is 0.811. The zero-order chi connectivity index (χ0) is 17.1. The number of hydrogen-bond acceptors (Lipinski definition) is 4. The maximum Gasteiger partial charge on any atom is 0.228 e. The molecule has 1 aromatic rings. The Kier molecular flexibility index (Phi) is 4.92. The van der Waals surface area contributed by atoms with Gasteiger partial charge in [-0.1, -0.05) is 0 Å². The topological polar surface area (TPSA) is 67.9 Å². The number of ether oxygens (including phenoxy) is 2. The van der Waals surface area contributed by atoms with Gasteiger partial charge in [-0.15, -0.1) is 0 Å². The number of hydrogen-bond donors (Lipinski definition) is 1. The molecular weight excluding hydrogens is 308 g/mol. The average molecular weight is 332 g/mol. The van der Waals surface area contributed by atoms with E-state index in [0.717, 1.165) is 25.9 Å². The summed E-state index contributed by atoms with van der Waals surface area (Å²) in [5, 5.41) is 2.87. The van der Waals surface area contributed by atoms with E-state index < -0.39 is 0 Å². The third-order valence-corrected chi connectivity index (χ3v) is 4.78. The predicted molar refractivity (Wildman–Crippen MR) is 90.2 cm³/mol. The summed E-state index contributed by atoms with van der Waals surface area (Å²) >= 11 is 0. The van der Waals surface area contributed by atoms with Crippen molar-refractivity contribution in [1.82, 2.24) is 4.90 Å². The first-order valence-electron chi connectivity index (χ1n) is 8.45. The van der Waals surface area contributed by atoms with E-state index in [2.05, 4.69) is 5.32 Å². The van der Waals surface area contributed by atoms with E-state index in [4.69, 9.17) is 9.47 Å². The normalized spacial score (nSPS) is 22.7. The standard InChI is InChI=1S/C18H24N2O4/c1-23-12-6-7-16(24-2)15(10-12)19-17(21)13-11-14(13)18(22)20-8-4-3-5-9-20/h6-7,10,13-14H,3-5,8-9,11H2,1-2H3,(H,19,21). The Bertz CT molecular complexity index is 625. The van der Waals surface area contributed by atoms with Gasteiger partial charge in [-0.2, -0.15) is 0 Å². The lowest BCUT2D eigenvalue weighted by Crippen LogP contribution is -2.37. The van der Waals surface area contributed by atoms with Crippen molar-refractivity contribution < 1.29 is 19.1 Å². The number of anilines is 1. The van der Waals surface area contributed by atoms with Gasteiger partial charge in [0.25, 0.3) is 0 Å². The number of carbonyl (C=O) groups excluding carboxylic acids is 2. The lowest BCUT2D eigenvalue weighted by Gasteiger charge is -2.26. The molecule has 6 heteroatoms. The van der Waals surface area contributed by atoms with Gasteiger partial charge in [0.1, 0.15) is 11.5 Å². The van der Waals surface area contributed by atoms with Gasteiger partial charge in [-0.25, -0.2) is 0 Å². The SMILES string of the molecule is COc1ccc(OC)c(NC(=O)C2CC2C(=O)N2CCCCC2)c1. The third kappa shape index (κ3) is 3.47. The maximum atomic E-state index is 12.5. The zero-order valence-corrected chi connectivity index (χ0v) is 14.2. The molecule has 1 aromatic carbocycles. The first-order chi connectivity index (χ1) is 11.6. The number of rotatable bonds is 5. The number of methoxy groups -OCH3 is 2. The van der Waals surface area contributed by atoms with Gasteiger partial charge in [-0.3, -0.25) is 9.59 Å². The van der Waals surface area contributed by atoms with Crippen LogP contribution in [-0.2, 0) is 9.59 Å². The molecule has 2 amide bonds. The van der Waals surface area contributed by atoms with Crippen molar-refractivity contribution in [3.8, 4) is 11.5 Å². The minimum absolute atomic E-state index is 0.128. The van der Waals surface area contributed by atoms with E-state index in [1.165, 1.54) is 6.42 Å². The Labute approximate surface area is 142 Å². The second kappa shape index (κ2) is 7.11. The summed E-state index contributed by atoms with van der Waals surface area (Å²) in [6.07, 6.45) is 3.95. The van der Waals surface area contributed by atoms with Crippen LogP contribution in [0, 0.1) is 11.8 Å². The molecule has 130 valence electrons. The first-order valence-corrected chi connectivity index (χ1v) is 8.45. The monoisotopic (exact) mass is 332 g/mol. The van der Waals surface area contributed by atoms with Crippen molar-refractivity contribution in [2.24, 2.45) is 11.8 Å². The van der Waals surface area contributed by atoms with Gasteiger partial charge in [0.15, 0.2) is 0 Å². The van der Waals surface area contributed by atoms with Crippen LogP contribution in [0.3, 0.4) is 0 Å². The molecule has 1 saturated carbocycles. The summed E-state index contributed by atoms with van der Waals surface area (Å²) in [6, 6.07) is 5.24. The van der Waals surface area contributed by atoms with Crippen molar-refractivity contribution >= 4 is 17.5 Å². The molecule has 3 rings (SSSR count). The first kappa shape index (κ1) is 16.6. The molecule has 1 N–H and O–H groups in total. The third-order valence-electron chi connectivity index (χ3n) is 4.78. The highest BCUT2D eigenvalue weighted by atomic mass is 16.5. The molecule has 2 atom stereocenters. The van der Waals surface area contributed by atoms with E-state index >= 15 is 0 Å². The van der Waals surface area contributed by atoms with Crippen molar-refractivity contribution in [2.45, 2.75) is 25.7 Å². The van der Waals surface area contributed by atoms with Crippen molar-refractivity contribution in [1.29, 1.82) is 0 Å². The fourth-order valence-corrected chi connectivity index (χ4v) is 3.24. The van der Waals surface area contributed by atoms with Crippen LogP contribution in [0.2, 0.25) is 0 Å². The highest BCUT2D eigenvalue weighted by Gasteiger charge is 2.49. The van der Waals surface area contributed by atoms with Gasteiger partial charge in [0, 0.05) is 19.2 Å². The predicted octanol–water partition coefficient (Wildman–Crippen LogP) is 2.29.